The summed E-state index contributed by atoms with van der Waals surface area (Å²) in [4.78, 5) is 33.4. The second kappa shape index (κ2) is 5.62. The van der Waals surface area contributed by atoms with Crippen molar-refractivity contribution in [3.8, 4) is 11.1 Å². The van der Waals surface area contributed by atoms with Crippen molar-refractivity contribution in [3.63, 3.8) is 0 Å². The average Bonchev–Trinajstić information content (AvgIpc) is 2.93. The van der Waals surface area contributed by atoms with Crippen molar-refractivity contribution in [2.45, 2.75) is 6.92 Å². The van der Waals surface area contributed by atoms with Gasteiger partial charge in [0.15, 0.2) is 5.78 Å². The molecule has 0 radical (unpaired) electrons. The largest absolute Gasteiger partial charge is 0.545 e. The molecule has 0 atom stereocenters. The first-order chi connectivity index (χ1) is 11.4. The van der Waals surface area contributed by atoms with Crippen LogP contribution < -0.4 is 5.11 Å². The number of carbonyl (C=O) groups is 2. The molecule has 0 spiro atoms. The predicted octanol–water partition coefficient (Wildman–Crippen LogP) is 2.08. The second-order valence-electron chi connectivity index (χ2n) is 5.27. The van der Waals surface area contributed by atoms with E-state index in [-0.39, 0.29) is 17.0 Å². The van der Waals surface area contributed by atoms with Gasteiger partial charge in [0, 0.05) is 41.9 Å². The summed E-state index contributed by atoms with van der Waals surface area (Å²) in [5, 5.41) is 21.8. The Morgan fingerprint density at radius 2 is 1.75 bits per heavy atom. The maximum atomic E-state index is 12.1. The Balaban J connectivity index is 2.23. The number of hydrogen-bond acceptors (Lipinski definition) is 5. The zero-order valence-corrected chi connectivity index (χ0v) is 12.6. The van der Waals surface area contributed by atoms with E-state index in [1.165, 1.54) is 35.7 Å². The van der Waals surface area contributed by atoms with Gasteiger partial charge in [0.25, 0.3) is 5.69 Å². The molecular formula is C17H11N2O5-. The van der Waals surface area contributed by atoms with Crippen LogP contribution in [0.25, 0.3) is 16.6 Å². The summed E-state index contributed by atoms with van der Waals surface area (Å²) < 4.78 is 1.49. The van der Waals surface area contributed by atoms with E-state index >= 15 is 0 Å². The van der Waals surface area contributed by atoms with Crippen LogP contribution in [0.5, 0.6) is 0 Å². The van der Waals surface area contributed by atoms with Gasteiger partial charge < -0.3 is 14.3 Å². The number of carbonyl (C=O) groups excluding carboxylic acids is 2. The molecular weight excluding hydrogens is 312 g/mol. The number of benzene rings is 1. The maximum absolute atomic E-state index is 12.1. The standard InChI is InChI=1S/C17H12N2O5/c1-10(20)16-15(11-2-5-13(6-3-11)19(23)24)8-14-7-4-12(17(21)22)9-18(14)16/h2-9H,1H3,(H,21,22)/p-1. The minimum absolute atomic E-state index is 0.0455. The summed E-state index contributed by atoms with van der Waals surface area (Å²) >= 11 is 0. The van der Waals surface area contributed by atoms with Crippen molar-refractivity contribution in [1.82, 2.24) is 4.40 Å². The molecule has 24 heavy (non-hydrogen) atoms. The molecule has 120 valence electrons. The van der Waals surface area contributed by atoms with Crippen molar-refractivity contribution in [2.24, 2.45) is 0 Å². The Bertz CT molecular complexity index is 986. The smallest absolute Gasteiger partial charge is 0.269 e. The molecule has 3 rings (SSSR count). The molecule has 1 aromatic carbocycles. The van der Waals surface area contributed by atoms with Crippen LogP contribution >= 0.6 is 0 Å². The second-order valence-corrected chi connectivity index (χ2v) is 5.27. The molecule has 2 aromatic heterocycles. The van der Waals surface area contributed by atoms with Crippen LogP contribution in [-0.4, -0.2) is 21.1 Å². The Hall–Kier alpha value is -3.48. The highest BCUT2D eigenvalue weighted by atomic mass is 16.6. The molecule has 0 aliphatic heterocycles. The van der Waals surface area contributed by atoms with Gasteiger partial charge in [-0.3, -0.25) is 14.9 Å². The van der Waals surface area contributed by atoms with Crippen molar-refractivity contribution in [2.75, 3.05) is 0 Å². The predicted molar refractivity (Wildman–Crippen MR) is 83.8 cm³/mol. The molecule has 0 bridgehead atoms. The summed E-state index contributed by atoms with van der Waals surface area (Å²) in [7, 11) is 0. The minimum Gasteiger partial charge on any atom is -0.545 e. The molecule has 0 aliphatic rings. The molecule has 0 saturated carbocycles. The number of aromatic nitrogens is 1. The van der Waals surface area contributed by atoms with Gasteiger partial charge in [0.1, 0.15) is 0 Å². The number of rotatable bonds is 4. The number of nitro benzene ring substituents is 1. The van der Waals surface area contributed by atoms with E-state index in [1.54, 1.807) is 24.3 Å². The van der Waals surface area contributed by atoms with Gasteiger partial charge in [-0.25, -0.2) is 0 Å². The topological polar surface area (TPSA) is 105 Å². The zero-order valence-electron chi connectivity index (χ0n) is 12.6. The van der Waals surface area contributed by atoms with Crippen LogP contribution in [0.1, 0.15) is 27.8 Å². The van der Waals surface area contributed by atoms with E-state index < -0.39 is 10.9 Å². The third-order valence-corrected chi connectivity index (χ3v) is 3.73. The van der Waals surface area contributed by atoms with E-state index in [2.05, 4.69) is 0 Å². The van der Waals surface area contributed by atoms with E-state index in [0.717, 1.165) is 0 Å². The number of Topliss-reactive ketones (excluding diaryl/α,β-unsaturated/α-hetero) is 1. The lowest BCUT2D eigenvalue weighted by atomic mass is 10.0. The lowest BCUT2D eigenvalue weighted by molar-refractivity contribution is -0.384. The van der Waals surface area contributed by atoms with E-state index in [0.29, 0.717) is 22.3 Å². The highest BCUT2D eigenvalue weighted by Gasteiger charge is 2.17. The van der Waals surface area contributed by atoms with Gasteiger partial charge in [-0.1, -0.05) is 0 Å². The van der Waals surface area contributed by atoms with Crippen LogP contribution in [0, 0.1) is 10.1 Å². The number of aromatic carboxylic acids is 1. The van der Waals surface area contributed by atoms with Gasteiger partial charge in [-0.2, -0.15) is 0 Å². The summed E-state index contributed by atoms with van der Waals surface area (Å²) in [6, 6.07) is 10.5. The fourth-order valence-corrected chi connectivity index (χ4v) is 2.63. The van der Waals surface area contributed by atoms with Crippen LogP contribution in [0.2, 0.25) is 0 Å². The van der Waals surface area contributed by atoms with Crippen molar-refractivity contribution < 1.29 is 19.6 Å². The van der Waals surface area contributed by atoms with Gasteiger partial charge >= 0.3 is 0 Å². The lowest BCUT2D eigenvalue weighted by Crippen LogP contribution is -2.22. The molecule has 0 saturated heterocycles. The Kier molecular flexibility index (Phi) is 3.61. The highest BCUT2D eigenvalue weighted by molar-refractivity contribution is 6.02. The fourth-order valence-electron chi connectivity index (χ4n) is 2.63. The minimum atomic E-state index is -1.34. The Morgan fingerprint density at radius 1 is 1.08 bits per heavy atom. The van der Waals surface area contributed by atoms with Crippen molar-refractivity contribution >= 4 is 23.0 Å². The average molecular weight is 323 g/mol. The molecule has 3 aromatic rings. The number of nitro groups is 1. The van der Waals surface area contributed by atoms with Crippen LogP contribution in [-0.2, 0) is 0 Å². The van der Waals surface area contributed by atoms with Crippen molar-refractivity contribution in [1.29, 1.82) is 0 Å². The van der Waals surface area contributed by atoms with Crippen LogP contribution in [0.15, 0.2) is 48.7 Å². The number of pyridine rings is 1. The highest BCUT2D eigenvalue weighted by Crippen LogP contribution is 2.30. The molecule has 0 N–H and O–H groups in total. The summed E-state index contributed by atoms with van der Waals surface area (Å²) in [5.41, 5.74) is 2.06. The SMILES string of the molecule is CC(=O)c1c(-c2ccc([N+](=O)[O-])cc2)cc2ccc(C(=O)[O-])cn12. The Labute approximate surface area is 135 Å². The maximum Gasteiger partial charge on any atom is 0.269 e. The van der Waals surface area contributed by atoms with Crippen molar-refractivity contribution in [3.05, 3.63) is 70.0 Å². The van der Waals surface area contributed by atoms with Gasteiger partial charge in [-0.05, 0) is 35.9 Å². The Morgan fingerprint density at radius 3 is 2.29 bits per heavy atom. The first-order valence-electron chi connectivity index (χ1n) is 7.00. The molecule has 7 nitrogen and oxygen atoms in total. The third-order valence-electron chi connectivity index (χ3n) is 3.73. The summed E-state index contributed by atoms with van der Waals surface area (Å²) in [6.07, 6.45) is 1.33. The number of carboxylic acids is 1. The zero-order chi connectivity index (χ0) is 17.4. The number of fused-ring (bicyclic) bond motifs is 1. The lowest BCUT2D eigenvalue weighted by Gasteiger charge is -2.06. The van der Waals surface area contributed by atoms with Gasteiger partial charge in [0.05, 0.1) is 16.6 Å². The van der Waals surface area contributed by atoms with E-state index in [1.807, 2.05) is 0 Å². The molecule has 2 heterocycles. The number of nitrogens with zero attached hydrogens (tertiary/aromatic N) is 2. The number of carboxylic acid groups (broad SMARTS) is 1. The quantitative estimate of drug-likeness (QED) is 0.415. The third kappa shape index (κ3) is 2.52. The van der Waals surface area contributed by atoms with Gasteiger partial charge in [-0.15, -0.1) is 0 Å². The van der Waals surface area contributed by atoms with E-state index in [9.17, 15) is 24.8 Å². The first kappa shape index (κ1) is 15.4. The normalized spacial score (nSPS) is 10.7. The molecule has 0 fully saturated rings. The van der Waals surface area contributed by atoms with Crippen LogP contribution in [0.4, 0.5) is 5.69 Å². The first-order valence-corrected chi connectivity index (χ1v) is 7.00. The van der Waals surface area contributed by atoms with Crippen LogP contribution in [0.3, 0.4) is 0 Å². The monoisotopic (exact) mass is 323 g/mol. The molecule has 0 unspecified atom stereocenters. The summed E-state index contributed by atoms with van der Waals surface area (Å²) in [5.74, 6) is -1.59. The molecule has 0 amide bonds. The summed E-state index contributed by atoms with van der Waals surface area (Å²) in [6.45, 7) is 1.38. The van der Waals surface area contributed by atoms with E-state index in [4.69, 9.17) is 0 Å². The van der Waals surface area contributed by atoms with Gasteiger partial charge in [0.2, 0.25) is 0 Å². The molecule has 0 aliphatic carbocycles. The number of ketones is 1. The fraction of sp³-hybridized carbons (Fsp3) is 0.0588. The number of hydrogen-bond donors (Lipinski definition) is 0. The molecule has 7 heteroatoms. The number of non-ortho nitro benzene ring substituents is 1.